The molecule has 0 aliphatic carbocycles. The summed E-state index contributed by atoms with van der Waals surface area (Å²) in [5.74, 6) is -1.04. The van der Waals surface area contributed by atoms with Crippen molar-refractivity contribution in [1.82, 2.24) is 10.6 Å². The van der Waals surface area contributed by atoms with Crippen LogP contribution in [0.3, 0.4) is 0 Å². The van der Waals surface area contributed by atoms with Gasteiger partial charge in [0.15, 0.2) is 0 Å². The van der Waals surface area contributed by atoms with Crippen molar-refractivity contribution in [3.05, 3.63) is 0 Å². The molecule has 0 rings (SSSR count). The number of halogens is 1. The Labute approximate surface area is 109 Å². The van der Waals surface area contributed by atoms with Gasteiger partial charge < -0.3 is 10.4 Å². The summed E-state index contributed by atoms with van der Waals surface area (Å²) in [6.45, 7) is 4.69. The number of carboxylic acid groups (broad SMARTS) is 1. The lowest BCUT2D eigenvalue weighted by Crippen LogP contribution is -2.43. The van der Waals surface area contributed by atoms with Gasteiger partial charge in [-0.25, -0.2) is 0 Å². The maximum Gasteiger partial charge on any atom is 0.320 e. The topological polar surface area (TPSA) is 78.4 Å². The maximum atomic E-state index is 11.3. The molecule has 0 aliphatic rings. The largest absolute Gasteiger partial charge is 0.480 e. The Morgan fingerprint density at radius 1 is 1.24 bits per heavy atom. The zero-order valence-corrected chi connectivity index (χ0v) is 11.3. The molecule has 5 nitrogen and oxygen atoms in total. The van der Waals surface area contributed by atoms with Crippen molar-refractivity contribution in [1.29, 1.82) is 0 Å². The lowest BCUT2D eigenvalue weighted by Gasteiger charge is -2.13. The second-order valence-corrected chi connectivity index (χ2v) is 3.76. The summed E-state index contributed by atoms with van der Waals surface area (Å²) < 4.78 is 0. The fourth-order valence-electron chi connectivity index (χ4n) is 1.28. The number of rotatable bonds is 9. The van der Waals surface area contributed by atoms with E-state index < -0.39 is 12.0 Å². The smallest absolute Gasteiger partial charge is 0.320 e. The number of amides is 1. The van der Waals surface area contributed by atoms with Crippen molar-refractivity contribution < 1.29 is 14.7 Å². The molecule has 0 aromatic carbocycles. The van der Waals surface area contributed by atoms with Crippen LogP contribution in [-0.4, -0.2) is 36.1 Å². The second kappa shape index (κ2) is 11.7. The van der Waals surface area contributed by atoms with E-state index >= 15 is 0 Å². The average Bonchev–Trinajstić information content (AvgIpc) is 2.24. The van der Waals surface area contributed by atoms with Crippen LogP contribution in [0.4, 0.5) is 0 Å². The van der Waals surface area contributed by atoms with E-state index in [0.717, 1.165) is 19.3 Å². The molecule has 0 aromatic heterocycles. The third-order valence-corrected chi connectivity index (χ3v) is 2.24. The van der Waals surface area contributed by atoms with Crippen LogP contribution in [0.5, 0.6) is 0 Å². The number of aliphatic carboxylic acids is 1. The van der Waals surface area contributed by atoms with E-state index in [1.165, 1.54) is 0 Å². The van der Waals surface area contributed by atoms with E-state index in [2.05, 4.69) is 10.6 Å². The van der Waals surface area contributed by atoms with Gasteiger partial charge >= 0.3 is 5.97 Å². The summed E-state index contributed by atoms with van der Waals surface area (Å²) in [6.07, 6.45) is 3.29. The lowest BCUT2D eigenvalue weighted by molar-refractivity contribution is -0.139. The van der Waals surface area contributed by atoms with E-state index in [4.69, 9.17) is 5.11 Å². The number of carboxylic acids is 1. The summed E-state index contributed by atoms with van der Waals surface area (Å²) in [7, 11) is 0. The molecule has 1 unspecified atom stereocenters. The molecule has 0 bridgehead atoms. The van der Waals surface area contributed by atoms with Crippen molar-refractivity contribution in [2.75, 3.05) is 13.1 Å². The third kappa shape index (κ3) is 10.1. The summed E-state index contributed by atoms with van der Waals surface area (Å²) in [5.41, 5.74) is 0. The quantitative estimate of drug-likeness (QED) is 0.548. The SMILES string of the molecule is CCCCNC(=O)CNC(CCC)C(=O)O.Cl. The molecule has 1 amide bonds. The van der Waals surface area contributed by atoms with Crippen LogP contribution in [0.15, 0.2) is 0 Å². The molecule has 0 spiro atoms. The Bertz CT molecular complexity index is 225. The van der Waals surface area contributed by atoms with Gasteiger partial charge in [0.05, 0.1) is 6.54 Å². The van der Waals surface area contributed by atoms with Crippen molar-refractivity contribution in [2.45, 2.75) is 45.6 Å². The standard InChI is InChI=1S/C11H22N2O3.ClH/c1-3-5-7-12-10(14)8-13-9(6-4-2)11(15)16;/h9,13H,3-8H2,1-2H3,(H,12,14)(H,15,16);1H. The van der Waals surface area contributed by atoms with Crippen molar-refractivity contribution in [3.8, 4) is 0 Å². The third-order valence-electron chi connectivity index (χ3n) is 2.24. The summed E-state index contributed by atoms with van der Waals surface area (Å²) in [6, 6.07) is -0.623. The molecular weight excluding hydrogens is 244 g/mol. The Hall–Kier alpha value is -0.810. The van der Waals surface area contributed by atoms with Crippen molar-refractivity contribution in [3.63, 3.8) is 0 Å². The number of hydrogen-bond donors (Lipinski definition) is 3. The average molecular weight is 267 g/mol. The van der Waals surface area contributed by atoms with Gasteiger partial charge in [-0.3, -0.25) is 14.9 Å². The van der Waals surface area contributed by atoms with Crippen LogP contribution in [0, 0.1) is 0 Å². The number of carbonyl (C=O) groups excluding carboxylic acids is 1. The molecule has 0 radical (unpaired) electrons. The van der Waals surface area contributed by atoms with E-state index in [1.807, 2.05) is 13.8 Å². The monoisotopic (exact) mass is 266 g/mol. The van der Waals surface area contributed by atoms with E-state index in [1.54, 1.807) is 0 Å². The Balaban J connectivity index is 0. The molecule has 1 atom stereocenters. The molecule has 17 heavy (non-hydrogen) atoms. The Morgan fingerprint density at radius 2 is 1.88 bits per heavy atom. The second-order valence-electron chi connectivity index (χ2n) is 3.76. The molecule has 0 saturated carbocycles. The fraction of sp³-hybridized carbons (Fsp3) is 0.818. The van der Waals surface area contributed by atoms with Gasteiger partial charge in [-0.05, 0) is 12.8 Å². The highest BCUT2D eigenvalue weighted by atomic mass is 35.5. The number of hydrogen-bond acceptors (Lipinski definition) is 3. The van der Waals surface area contributed by atoms with Gasteiger partial charge in [0.1, 0.15) is 6.04 Å². The van der Waals surface area contributed by atoms with Crippen LogP contribution in [-0.2, 0) is 9.59 Å². The summed E-state index contributed by atoms with van der Waals surface area (Å²) in [4.78, 5) is 22.1. The Kier molecular flexibility index (Phi) is 12.7. The minimum atomic E-state index is -0.900. The molecular formula is C11H23ClN2O3. The zero-order valence-electron chi connectivity index (χ0n) is 10.5. The molecule has 0 saturated heterocycles. The zero-order chi connectivity index (χ0) is 12.4. The molecule has 0 fully saturated rings. The van der Waals surface area contributed by atoms with E-state index in [0.29, 0.717) is 13.0 Å². The van der Waals surface area contributed by atoms with Crippen LogP contribution in [0.1, 0.15) is 39.5 Å². The van der Waals surface area contributed by atoms with Crippen LogP contribution < -0.4 is 10.6 Å². The number of nitrogens with one attached hydrogen (secondary N) is 2. The minimum absolute atomic E-state index is 0. The molecule has 3 N–H and O–H groups in total. The van der Waals surface area contributed by atoms with Gasteiger partial charge in [0, 0.05) is 6.54 Å². The van der Waals surface area contributed by atoms with Crippen LogP contribution >= 0.6 is 12.4 Å². The molecule has 0 aliphatic heterocycles. The number of carbonyl (C=O) groups is 2. The highest BCUT2D eigenvalue weighted by molar-refractivity contribution is 5.85. The lowest BCUT2D eigenvalue weighted by atomic mass is 10.2. The van der Waals surface area contributed by atoms with Crippen molar-refractivity contribution in [2.24, 2.45) is 0 Å². The first-order valence-electron chi connectivity index (χ1n) is 5.84. The van der Waals surface area contributed by atoms with Crippen LogP contribution in [0.2, 0.25) is 0 Å². The first-order valence-corrected chi connectivity index (χ1v) is 5.84. The van der Waals surface area contributed by atoms with Gasteiger partial charge in [-0.2, -0.15) is 0 Å². The van der Waals surface area contributed by atoms with E-state index in [9.17, 15) is 9.59 Å². The van der Waals surface area contributed by atoms with Crippen molar-refractivity contribution >= 4 is 24.3 Å². The highest BCUT2D eigenvalue weighted by Gasteiger charge is 2.16. The number of unbranched alkanes of at least 4 members (excludes halogenated alkanes) is 1. The minimum Gasteiger partial charge on any atom is -0.480 e. The van der Waals surface area contributed by atoms with Gasteiger partial charge in [0.2, 0.25) is 5.91 Å². The Morgan fingerprint density at radius 3 is 2.35 bits per heavy atom. The molecule has 102 valence electrons. The fourth-order valence-corrected chi connectivity index (χ4v) is 1.28. The normalized spacial score (nSPS) is 11.4. The molecule has 0 aromatic rings. The van der Waals surface area contributed by atoms with Crippen LogP contribution in [0.25, 0.3) is 0 Å². The summed E-state index contributed by atoms with van der Waals surface area (Å²) >= 11 is 0. The first-order chi connectivity index (χ1) is 7.61. The van der Waals surface area contributed by atoms with Gasteiger partial charge in [-0.1, -0.05) is 26.7 Å². The van der Waals surface area contributed by atoms with Gasteiger partial charge in [0.25, 0.3) is 0 Å². The predicted octanol–water partition coefficient (Wildman–Crippen LogP) is 1.17. The molecule has 0 heterocycles. The highest BCUT2D eigenvalue weighted by Crippen LogP contribution is 1.95. The van der Waals surface area contributed by atoms with E-state index in [-0.39, 0.29) is 24.9 Å². The van der Waals surface area contributed by atoms with Gasteiger partial charge in [-0.15, -0.1) is 12.4 Å². The first kappa shape index (κ1) is 18.6. The maximum absolute atomic E-state index is 11.3. The molecule has 6 heteroatoms. The summed E-state index contributed by atoms with van der Waals surface area (Å²) in [5, 5.41) is 14.3. The predicted molar refractivity (Wildman–Crippen MR) is 69.5 cm³/mol.